The van der Waals surface area contributed by atoms with E-state index in [0.29, 0.717) is 49.6 Å². The zero-order chi connectivity index (χ0) is 34.9. The molecule has 0 aromatic heterocycles. The van der Waals surface area contributed by atoms with Crippen molar-refractivity contribution < 1.29 is 33.4 Å². The van der Waals surface area contributed by atoms with Crippen LogP contribution in [0.3, 0.4) is 0 Å². The minimum Gasteiger partial charge on any atom is -0.460 e. The third-order valence-corrected chi connectivity index (χ3v) is 10.7. The first-order chi connectivity index (χ1) is 23.3. The standard InChI is InChI=1S/C37H49ClN4O7/c1-36(2,3)49-35(47)40-29-13-8-6-4-5-7-11-25-19-37(25,34(46)39-20-22-14-15-22)41-31(43)30-18-26(21-42(30)32(29)44)48-33(45)24-16-23-10-9-12-28(38)27(23)17-24/h7,9-12,22,24-26,29-30H,4-6,8,13-21H2,1-3H3,(H,39,46)(H,40,47)(H,41,43)/b11-7-/t24?,25-,26-,29+,30+,37-/m1/s1. The van der Waals surface area contributed by atoms with Gasteiger partial charge in [-0.1, -0.05) is 48.7 Å². The van der Waals surface area contributed by atoms with Gasteiger partial charge in [-0.3, -0.25) is 19.2 Å². The molecule has 1 aromatic carbocycles. The topological polar surface area (TPSA) is 143 Å². The largest absolute Gasteiger partial charge is 0.460 e. The van der Waals surface area contributed by atoms with Gasteiger partial charge in [0.05, 0.1) is 12.5 Å². The molecular formula is C37H49ClN4O7. The van der Waals surface area contributed by atoms with Gasteiger partial charge in [0.2, 0.25) is 17.7 Å². The molecule has 5 aliphatic rings. The van der Waals surface area contributed by atoms with Gasteiger partial charge in [0.1, 0.15) is 29.3 Å². The fraction of sp³-hybridized carbons (Fsp3) is 0.649. The molecule has 3 fully saturated rings. The van der Waals surface area contributed by atoms with Crippen LogP contribution >= 0.6 is 11.6 Å². The van der Waals surface area contributed by atoms with Gasteiger partial charge < -0.3 is 30.3 Å². The predicted molar refractivity (Wildman–Crippen MR) is 182 cm³/mol. The van der Waals surface area contributed by atoms with Gasteiger partial charge in [0.25, 0.3) is 0 Å². The van der Waals surface area contributed by atoms with Gasteiger partial charge in [-0.15, -0.1) is 0 Å². The molecule has 2 heterocycles. The summed E-state index contributed by atoms with van der Waals surface area (Å²) in [5, 5.41) is 9.46. The summed E-state index contributed by atoms with van der Waals surface area (Å²) in [5.41, 5.74) is 0.0786. The maximum atomic E-state index is 14.3. The Morgan fingerprint density at radius 1 is 1.08 bits per heavy atom. The van der Waals surface area contributed by atoms with E-state index in [0.717, 1.165) is 43.2 Å². The van der Waals surface area contributed by atoms with Crippen LogP contribution in [0, 0.1) is 17.8 Å². The number of allylic oxidation sites excluding steroid dienone is 1. The van der Waals surface area contributed by atoms with E-state index in [1.807, 2.05) is 24.3 Å². The first-order valence-electron chi connectivity index (χ1n) is 17.9. The Morgan fingerprint density at radius 2 is 1.88 bits per heavy atom. The number of nitrogens with one attached hydrogen (secondary N) is 3. The summed E-state index contributed by atoms with van der Waals surface area (Å²) in [5.74, 6) is -1.64. The highest BCUT2D eigenvalue weighted by Crippen LogP contribution is 2.46. The van der Waals surface area contributed by atoms with Crippen molar-refractivity contribution in [2.75, 3.05) is 13.1 Å². The Balaban J connectivity index is 1.23. The Morgan fingerprint density at radius 3 is 2.61 bits per heavy atom. The fourth-order valence-corrected chi connectivity index (χ4v) is 7.64. The van der Waals surface area contributed by atoms with Crippen molar-refractivity contribution in [3.05, 3.63) is 46.5 Å². The second kappa shape index (κ2) is 14.3. The van der Waals surface area contributed by atoms with Crippen LogP contribution < -0.4 is 16.0 Å². The molecule has 1 unspecified atom stereocenters. The lowest BCUT2D eigenvalue weighted by atomic mass is 10.0. The van der Waals surface area contributed by atoms with Crippen LogP contribution in [0.2, 0.25) is 5.02 Å². The zero-order valence-electron chi connectivity index (χ0n) is 28.7. The van der Waals surface area contributed by atoms with Gasteiger partial charge in [0, 0.05) is 23.9 Å². The van der Waals surface area contributed by atoms with Crippen LogP contribution in [0.4, 0.5) is 4.79 Å². The van der Waals surface area contributed by atoms with Crippen molar-refractivity contribution in [2.24, 2.45) is 17.8 Å². The van der Waals surface area contributed by atoms with Crippen molar-refractivity contribution in [3.8, 4) is 0 Å². The number of halogens is 1. The molecule has 0 radical (unpaired) electrons. The maximum absolute atomic E-state index is 14.3. The maximum Gasteiger partial charge on any atom is 0.408 e. The minimum atomic E-state index is -1.10. The summed E-state index contributed by atoms with van der Waals surface area (Å²) in [6, 6.07) is 3.67. The molecule has 11 nitrogen and oxygen atoms in total. The minimum absolute atomic E-state index is 0.0141. The van der Waals surface area contributed by atoms with Crippen molar-refractivity contribution in [3.63, 3.8) is 0 Å². The summed E-state index contributed by atoms with van der Waals surface area (Å²) < 4.78 is 11.5. The second-order valence-electron chi connectivity index (χ2n) is 15.5. The monoisotopic (exact) mass is 696 g/mol. The normalized spacial score (nSPS) is 30.8. The Labute approximate surface area is 293 Å². The van der Waals surface area contributed by atoms with Crippen molar-refractivity contribution in [2.45, 2.75) is 121 Å². The molecule has 1 saturated heterocycles. The van der Waals surface area contributed by atoms with E-state index in [1.54, 1.807) is 20.8 Å². The Bertz CT molecular complexity index is 1500. The quantitative estimate of drug-likeness (QED) is 0.296. The number of fused-ring (bicyclic) bond motifs is 3. The fourth-order valence-electron chi connectivity index (χ4n) is 7.37. The number of rotatable bonds is 6. The highest BCUT2D eigenvalue weighted by Gasteiger charge is 2.61. The number of carbonyl (C=O) groups is 5. The number of nitrogens with zero attached hydrogens (tertiary/aromatic N) is 1. The molecule has 49 heavy (non-hydrogen) atoms. The van der Waals surface area contributed by atoms with E-state index in [1.165, 1.54) is 4.90 Å². The molecule has 0 bridgehead atoms. The molecule has 2 saturated carbocycles. The highest BCUT2D eigenvalue weighted by molar-refractivity contribution is 6.31. The summed E-state index contributed by atoms with van der Waals surface area (Å²) >= 11 is 6.39. The predicted octanol–water partition coefficient (Wildman–Crippen LogP) is 4.38. The molecule has 6 atom stereocenters. The number of hydrogen-bond acceptors (Lipinski definition) is 7. The van der Waals surface area contributed by atoms with Crippen molar-refractivity contribution in [1.29, 1.82) is 0 Å². The lowest BCUT2D eigenvalue weighted by molar-refractivity contribution is -0.153. The summed E-state index contributed by atoms with van der Waals surface area (Å²) in [7, 11) is 0. The van der Waals surface area contributed by atoms with Gasteiger partial charge in [-0.05, 0) is 95.2 Å². The van der Waals surface area contributed by atoms with Crippen molar-refractivity contribution in [1.82, 2.24) is 20.9 Å². The average molecular weight is 697 g/mol. The number of ether oxygens (including phenoxy) is 2. The van der Waals surface area contributed by atoms with E-state index < -0.39 is 59.1 Å². The molecule has 2 aliphatic heterocycles. The van der Waals surface area contributed by atoms with Crippen LogP contribution in [-0.4, -0.2) is 77.1 Å². The van der Waals surface area contributed by atoms with Crippen LogP contribution in [-0.2, 0) is 41.5 Å². The van der Waals surface area contributed by atoms with Crippen molar-refractivity contribution >= 4 is 41.4 Å². The van der Waals surface area contributed by atoms with E-state index in [2.05, 4.69) is 22.0 Å². The summed E-state index contributed by atoms with van der Waals surface area (Å²) in [4.78, 5) is 69.8. The van der Waals surface area contributed by atoms with E-state index in [-0.39, 0.29) is 24.8 Å². The molecule has 12 heteroatoms. The van der Waals surface area contributed by atoms with Crippen LogP contribution in [0.5, 0.6) is 0 Å². The second-order valence-corrected chi connectivity index (χ2v) is 15.9. The number of esters is 1. The molecule has 4 amide bonds. The average Bonchev–Trinajstić information content (AvgIpc) is 3.89. The van der Waals surface area contributed by atoms with Gasteiger partial charge >= 0.3 is 12.1 Å². The first-order valence-corrected chi connectivity index (χ1v) is 18.2. The first kappa shape index (κ1) is 35.2. The molecule has 3 N–H and O–H groups in total. The summed E-state index contributed by atoms with van der Waals surface area (Å²) in [6.07, 6.45) is 9.84. The van der Waals surface area contributed by atoms with Gasteiger partial charge in [0.15, 0.2) is 0 Å². The van der Waals surface area contributed by atoms with Gasteiger partial charge in [-0.25, -0.2) is 4.79 Å². The Hall–Kier alpha value is -3.60. The molecule has 266 valence electrons. The molecule has 0 spiro atoms. The SMILES string of the molecule is CC(C)(C)OC(=O)N[C@H]1CCCCC/C=C\[C@@H]2C[C@@]2(C(=O)NCC2CC2)NC(=O)[C@@H]2C[C@@H](OC(=O)C3Cc4cccc(Cl)c4C3)CN2C1=O. The molecule has 6 rings (SSSR count). The summed E-state index contributed by atoms with van der Waals surface area (Å²) in [6.45, 7) is 5.80. The smallest absolute Gasteiger partial charge is 0.408 e. The number of hydrogen-bond donors (Lipinski definition) is 3. The molecular weight excluding hydrogens is 648 g/mol. The highest BCUT2D eigenvalue weighted by atomic mass is 35.5. The number of benzene rings is 1. The van der Waals surface area contributed by atoms with Crippen LogP contribution in [0.1, 0.15) is 89.7 Å². The molecule has 3 aliphatic carbocycles. The lowest BCUT2D eigenvalue weighted by Crippen LogP contribution is -2.58. The lowest BCUT2D eigenvalue weighted by Gasteiger charge is -2.30. The third-order valence-electron chi connectivity index (χ3n) is 10.3. The van der Waals surface area contributed by atoms with E-state index in [4.69, 9.17) is 21.1 Å². The number of amides is 4. The van der Waals surface area contributed by atoms with E-state index in [9.17, 15) is 24.0 Å². The number of carbonyl (C=O) groups excluding carboxylic acids is 5. The van der Waals surface area contributed by atoms with Gasteiger partial charge in [-0.2, -0.15) is 0 Å². The van der Waals surface area contributed by atoms with Crippen LogP contribution in [0.25, 0.3) is 0 Å². The van der Waals surface area contributed by atoms with E-state index >= 15 is 0 Å². The van der Waals surface area contributed by atoms with Crippen LogP contribution in [0.15, 0.2) is 30.4 Å². The number of alkyl carbamates (subject to hydrolysis) is 1. The third kappa shape index (κ3) is 8.41. The molecule has 1 aromatic rings. The zero-order valence-corrected chi connectivity index (χ0v) is 29.5. The Kier molecular flexibility index (Phi) is 10.3.